The maximum Gasteiger partial charge on any atom is 0.316 e. The Balaban J connectivity index is 2.12. The van der Waals surface area contributed by atoms with Crippen molar-refractivity contribution in [3.63, 3.8) is 0 Å². The normalized spacial score (nSPS) is 24.1. The molecule has 0 saturated carbocycles. The average molecular weight is 233 g/mol. The topological polar surface area (TPSA) is 57.6 Å². The monoisotopic (exact) mass is 233 g/mol. The predicted molar refractivity (Wildman–Crippen MR) is 62.2 cm³/mol. The quantitative estimate of drug-likeness (QED) is 0.805. The van der Waals surface area contributed by atoms with Gasteiger partial charge in [0.25, 0.3) is 0 Å². The second kappa shape index (κ2) is 4.57. The second-order valence-electron chi connectivity index (χ2n) is 4.43. The first kappa shape index (κ1) is 11.6. The Morgan fingerprint density at radius 3 is 2.59 bits per heavy atom. The molecule has 0 radical (unpaired) electrons. The first-order valence-electron chi connectivity index (χ1n) is 5.67. The van der Waals surface area contributed by atoms with E-state index in [2.05, 4.69) is 0 Å². The van der Waals surface area contributed by atoms with Gasteiger partial charge < -0.3 is 10.0 Å². The van der Waals surface area contributed by atoms with E-state index >= 15 is 0 Å². The molecular weight excluding hydrogens is 218 g/mol. The highest BCUT2D eigenvalue weighted by Crippen LogP contribution is 2.26. The summed E-state index contributed by atoms with van der Waals surface area (Å²) in [6.07, 6.45) is 0.404. The predicted octanol–water partition coefficient (Wildman–Crippen LogP) is 1.51. The average Bonchev–Trinajstić information content (AvgIpc) is 2.58. The molecule has 1 heterocycles. The Hall–Kier alpha value is -1.84. The molecule has 0 spiro atoms. The van der Waals surface area contributed by atoms with Gasteiger partial charge in [-0.3, -0.25) is 9.59 Å². The zero-order valence-electron chi connectivity index (χ0n) is 9.67. The number of hydrogen-bond acceptors (Lipinski definition) is 2. The van der Waals surface area contributed by atoms with Crippen molar-refractivity contribution in [1.29, 1.82) is 0 Å². The molecule has 0 unspecified atom stereocenters. The van der Waals surface area contributed by atoms with E-state index in [0.717, 1.165) is 5.56 Å². The Morgan fingerprint density at radius 2 is 2.06 bits per heavy atom. The van der Waals surface area contributed by atoms with Gasteiger partial charge in [-0.2, -0.15) is 0 Å². The number of likely N-dealkylation sites (tertiary alicyclic amines) is 1. The van der Waals surface area contributed by atoms with Crippen molar-refractivity contribution in [3.8, 4) is 0 Å². The number of carboxylic acid groups (broad SMARTS) is 1. The van der Waals surface area contributed by atoms with Crippen molar-refractivity contribution in [1.82, 2.24) is 4.90 Å². The number of benzene rings is 1. The van der Waals surface area contributed by atoms with Crippen LogP contribution >= 0.6 is 0 Å². The summed E-state index contributed by atoms with van der Waals surface area (Å²) in [5.74, 6) is -2.15. The molecule has 17 heavy (non-hydrogen) atoms. The van der Waals surface area contributed by atoms with Crippen LogP contribution in [0.2, 0.25) is 0 Å². The van der Waals surface area contributed by atoms with Crippen LogP contribution in [-0.2, 0) is 16.1 Å². The van der Waals surface area contributed by atoms with Gasteiger partial charge in [-0.15, -0.1) is 0 Å². The number of rotatable bonds is 3. The van der Waals surface area contributed by atoms with Crippen molar-refractivity contribution >= 4 is 11.9 Å². The highest BCUT2D eigenvalue weighted by molar-refractivity contribution is 5.98. The number of carbonyl (C=O) groups is 2. The van der Waals surface area contributed by atoms with Gasteiger partial charge in [0.2, 0.25) is 5.91 Å². The Bertz CT molecular complexity index is 430. The van der Waals surface area contributed by atoms with E-state index in [1.165, 1.54) is 0 Å². The van der Waals surface area contributed by atoms with Gasteiger partial charge in [0.1, 0.15) is 5.92 Å². The molecule has 1 saturated heterocycles. The lowest BCUT2D eigenvalue weighted by Crippen LogP contribution is -2.33. The van der Waals surface area contributed by atoms with Crippen LogP contribution in [0, 0.1) is 5.92 Å². The van der Waals surface area contributed by atoms with Crippen LogP contribution in [0.3, 0.4) is 0 Å². The lowest BCUT2D eigenvalue weighted by Gasteiger charge is -2.21. The largest absolute Gasteiger partial charge is 0.481 e. The summed E-state index contributed by atoms with van der Waals surface area (Å²) in [4.78, 5) is 24.5. The molecule has 1 aromatic rings. The molecule has 2 atom stereocenters. The van der Waals surface area contributed by atoms with Crippen LogP contribution in [0.15, 0.2) is 30.3 Å². The van der Waals surface area contributed by atoms with Gasteiger partial charge in [0.15, 0.2) is 0 Å². The van der Waals surface area contributed by atoms with E-state index in [9.17, 15) is 9.59 Å². The molecule has 1 aliphatic heterocycles. The minimum absolute atomic E-state index is 0.0104. The molecule has 0 bridgehead atoms. The highest BCUT2D eigenvalue weighted by atomic mass is 16.4. The minimum Gasteiger partial charge on any atom is -0.481 e. The summed E-state index contributed by atoms with van der Waals surface area (Å²) in [5.41, 5.74) is 1.03. The Morgan fingerprint density at radius 1 is 1.41 bits per heavy atom. The van der Waals surface area contributed by atoms with Crippen LogP contribution < -0.4 is 0 Å². The molecule has 4 nitrogen and oxygen atoms in total. The lowest BCUT2D eigenvalue weighted by atomic mass is 10.1. The number of aliphatic carboxylic acids is 1. The summed E-state index contributed by atoms with van der Waals surface area (Å²) < 4.78 is 0. The number of hydrogen-bond donors (Lipinski definition) is 1. The van der Waals surface area contributed by atoms with Crippen molar-refractivity contribution in [2.24, 2.45) is 5.92 Å². The van der Waals surface area contributed by atoms with Gasteiger partial charge in [-0.05, 0) is 18.9 Å². The molecule has 1 aromatic carbocycles. The smallest absolute Gasteiger partial charge is 0.316 e. The highest BCUT2D eigenvalue weighted by Gasteiger charge is 2.41. The van der Waals surface area contributed by atoms with E-state index in [1.54, 1.807) is 4.90 Å². The molecule has 0 aliphatic carbocycles. The summed E-state index contributed by atoms with van der Waals surface area (Å²) in [7, 11) is 0. The molecule has 1 aliphatic rings. The first-order valence-corrected chi connectivity index (χ1v) is 5.67. The van der Waals surface area contributed by atoms with Crippen LogP contribution in [-0.4, -0.2) is 27.9 Å². The van der Waals surface area contributed by atoms with Crippen LogP contribution in [0.5, 0.6) is 0 Å². The summed E-state index contributed by atoms with van der Waals surface area (Å²) in [6.45, 7) is 2.38. The zero-order chi connectivity index (χ0) is 12.4. The van der Waals surface area contributed by atoms with Gasteiger partial charge in [0, 0.05) is 12.6 Å². The lowest BCUT2D eigenvalue weighted by molar-refractivity contribution is -0.147. The molecule has 2 rings (SSSR count). The van der Waals surface area contributed by atoms with Gasteiger partial charge >= 0.3 is 5.97 Å². The third kappa shape index (κ3) is 2.30. The summed E-state index contributed by atoms with van der Waals surface area (Å²) >= 11 is 0. The third-order valence-corrected chi connectivity index (χ3v) is 3.18. The maximum atomic E-state index is 11.9. The number of nitrogens with zero attached hydrogens (tertiary/aromatic N) is 1. The Kier molecular flexibility index (Phi) is 3.13. The first-order chi connectivity index (χ1) is 8.09. The van der Waals surface area contributed by atoms with Gasteiger partial charge in [0.05, 0.1) is 0 Å². The second-order valence-corrected chi connectivity index (χ2v) is 4.43. The van der Waals surface area contributed by atoms with E-state index in [0.29, 0.717) is 13.0 Å². The fourth-order valence-electron chi connectivity index (χ4n) is 2.21. The van der Waals surface area contributed by atoms with Crippen LogP contribution in [0.4, 0.5) is 0 Å². The number of carbonyl (C=O) groups excluding carboxylic acids is 1. The molecule has 1 amide bonds. The van der Waals surface area contributed by atoms with E-state index in [1.807, 2.05) is 37.3 Å². The number of carboxylic acids is 1. The van der Waals surface area contributed by atoms with Crippen molar-refractivity contribution in [3.05, 3.63) is 35.9 Å². The molecular formula is C13H15NO3. The molecule has 1 N–H and O–H groups in total. The SMILES string of the molecule is C[C@H]1C[C@H](C(=O)O)C(=O)N1Cc1ccccc1. The minimum atomic E-state index is -1.02. The van der Waals surface area contributed by atoms with Gasteiger partial charge in [-0.1, -0.05) is 30.3 Å². The van der Waals surface area contributed by atoms with E-state index in [4.69, 9.17) is 5.11 Å². The third-order valence-electron chi connectivity index (χ3n) is 3.18. The maximum absolute atomic E-state index is 11.9. The van der Waals surface area contributed by atoms with E-state index < -0.39 is 11.9 Å². The fraction of sp³-hybridized carbons (Fsp3) is 0.385. The molecule has 4 heteroatoms. The molecule has 1 fully saturated rings. The fourth-order valence-corrected chi connectivity index (χ4v) is 2.21. The molecule has 90 valence electrons. The number of amides is 1. The van der Waals surface area contributed by atoms with Crippen molar-refractivity contribution in [2.45, 2.75) is 25.9 Å². The van der Waals surface area contributed by atoms with Gasteiger partial charge in [-0.25, -0.2) is 0 Å². The standard InChI is InChI=1S/C13H15NO3/c1-9-7-11(13(16)17)12(15)14(9)8-10-5-3-2-4-6-10/h2-6,9,11H,7-8H2,1H3,(H,16,17)/t9-,11-/m0/s1. The van der Waals surface area contributed by atoms with E-state index in [-0.39, 0.29) is 11.9 Å². The van der Waals surface area contributed by atoms with Crippen LogP contribution in [0.25, 0.3) is 0 Å². The van der Waals surface area contributed by atoms with Crippen LogP contribution in [0.1, 0.15) is 18.9 Å². The summed E-state index contributed by atoms with van der Waals surface area (Å²) in [6, 6.07) is 9.61. The zero-order valence-corrected chi connectivity index (χ0v) is 9.67. The van der Waals surface area contributed by atoms with Crippen molar-refractivity contribution in [2.75, 3.05) is 0 Å². The van der Waals surface area contributed by atoms with Crippen molar-refractivity contribution < 1.29 is 14.7 Å². The molecule has 0 aromatic heterocycles. The summed E-state index contributed by atoms with van der Waals surface area (Å²) in [5, 5.41) is 8.94. The Labute approximate surface area is 99.9 Å².